The summed E-state index contributed by atoms with van der Waals surface area (Å²) in [6.07, 6.45) is 3.94. The summed E-state index contributed by atoms with van der Waals surface area (Å²) in [6.45, 7) is 6.48. The third-order valence-corrected chi connectivity index (χ3v) is 3.40. The van der Waals surface area contributed by atoms with E-state index in [-0.39, 0.29) is 11.8 Å². The van der Waals surface area contributed by atoms with E-state index in [1.807, 2.05) is 13.1 Å². The van der Waals surface area contributed by atoms with Crippen molar-refractivity contribution >= 4 is 11.8 Å². The van der Waals surface area contributed by atoms with Crippen LogP contribution >= 0.6 is 0 Å². The smallest absolute Gasteiger partial charge is 0.245 e. The molecule has 0 radical (unpaired) electrons. The lowest BCUT2D eigenvalue weighted by molar-refractivity contribution is -0.139. The van der Waals surface area contributed by atoms with Crippen molar-refractivity contribution in [1.29, 1.82) is 0 Å². The number of nitrogens with one attached hydrogen (secondary N) is 1. The van der Waals surface area contributed by atoms with Crippen LogP contribution in [0.5, 0.6) is 0 Å². The molecule has 7 heteroatoms. The molecule has 1 atom stereocenters. The van der Waals surface area contributed by atoms with Gasteiger partial charge in [-0.05, 0) is 19.4 Å². The van der Waals surface area contributed by atoms with Crippen molar-refractivity contribution in [1.82, 2.24) is 20.0 Å². The van der Waals surface area contributed by atoms with E-state index in [1.54, 1.807) is 22.7 Å². The number of nitrogens with zero attached hydrogens (tertiary/aromatic N) is 3. The largest absolute Gasteiger partial charge is 0.378 e. The first-order valence-corrected chi connectivity index (χ1v) is 7.21. The second-order valence-electron chi connectivity index (χ2n) is 5.26. The monoisotopic (exact) mass is 294 g/mol. The first kappa shape index (κ1) is 15.5. The number of ether oxygens (including phenoxy) is 1. The molecule has 0 aliphatic carbocycles. The van der Waals surface area contributed by atoms with E-state index in [0.717, 1.165) is 5.56 Å². The van der Waals surface area contributed by atoms with Gasteiger partial charge in [-0.1, -0.05) is 0 Å². The van der Waals surface area contributed by atoms with Gasteiger partial charge in [0.1, 0.15) is 6.04 Å². The van der Waals surface area contributed by atoms with Crippen LogP contribution in [0.4, 0.5) is 0 Å². The highest BCUT2D eigenvalue weighted by Gasteiger charge is 2.23. The van der Waals surface area contributed by atoms with Gasteiger partial charge >= 0.3 is 0 Å². The standard InChI is InChI=1S/C14H22N4O3/c1-11-9-15-18(10-11)4-3-13(19)16-12(2)14(20)17-5-7-21-8-6-17/h9-10,12H,3-8H2,1-2H3,(H,16,19). The van der Waals surface area contributed by atoms with E-state index >= 15 is 0 Å². The normalized spacial score (nSPS) is 16.6. The summed E-state index contributed by atoms with van der Waals surface area (Å²) in [6, 6.07) is -0.505. The van der Waals surface area contributed by atoms with E-state index in [1.165, 1.54) is 0 Å². The third-order valence-electron chi connectivity index (χ3n) is 3.40. The highest BCUT2D eigenvalue weighted by molar-refractivity contribution is 5.87. The summed E-state index contributed by atoms with van der Waals surface area (Å²) >= 11 is 0. The maximum atomic E-state index is 12.1. The van der Waals surface area contributed by atoms with E-state index in [0.29, 0.717) is 39.3 Å². The molecule has 1 aliphatic heterocycles. The minimum Gasteiger partial charge on any atom is -0.378 e. The summed E-state index contributed by atoms with van der Waals surface area (Å²) in [7, 11) is 0. The van der Waals surface area contributed by atoms with Crippen LogP contribution in [0.15, 0.2) is 12.4 Å². The zero-order valence-corrected chi connectivity index (χ0v) is 12.5. The van der Waals surface area contributed by atoms with Crippen LogP contribution in [0.25, 0.3) is 0 Å². The highest BCUT2D eigenvalue weighted by atomic mass is 16.5. The third kappa shape index (κ3) is 4.56. The molecule has 0 saturated carbocycles. The fraction of sp³-hybridized carbons (Fsp3) is 0.643. The first-order valence-electron chi connectivity index (χ1n) is 7.21. The number of aryl methyl sites for hydroxylation is 2. The summed E-state index contributed by atoms with van der Waals surface area (Å²) in [5.41, 5.74) is 1.06. The zero-order chi connectivity index (χ0) is 15.2. The molecule has 1 saturated heterocycles. The molecular weight excluding hydrogens is 272 g/mol. The van der Waals surface area contributed by atoms with Gasteiger partial charge in [0.2, 0.25) is 11.8 Å². The van der Waals surface area contributed by atoms with Crippen LogP contribution < -0.4 is 5.32 Å². The topological polar surface area (TPSA) is 76.5 Å². The van der Waals surface area contributed by atoms with E-state index < -0.39 is 6.04 Å². The number of carbonyl (C=O) groups excluding carboxylic acids is 2. The van der Waals surface area contributed by atoms with Crippen LogP contribution in [0.1, 0.15) is 18.9 Å². The maximum absolute atomic E-state index is 12.1. The molecule has 1 unspecified atom stereocenters. The fourth-order valence-corrected chi connectivity index (χ4v) is 2.24. The summed E-state index contributed by atoms with van der Waals surface area (Å²) in [5.74, 6) is -0.196. The first-order chi connectivity index (χ1) is 10.1. The summed E-state index contributed by atoms with van der Waals surface area (Å²) < 4.78 is 6.93. The average Bonchev–Trinajstić information content (AvgIpc) is 2.91. The Hall–Kier alpha value is -1.89. The fourth-order valence-electron chi connectivity index (χ4n) is 2.24. The Bertz CT molecular complexity index is 494. The van der Waals surface area contributed by atoms with Gasteiger partial charge < -0.3 is 15.0 Å². The molecule has 1 aromatic heterocycles. The van der Waals surface area contributed by atoms with Crippen molar-refractivity contribution in [3.8, 4) is 0 Å². The number of amides is 2. The number of morpholine rings is 1. The molecule has 1 aromatic rings. The molecule has 21 heavy (non-hydrogen) atoms. The quantitative estimate of drug-likeness (QED) is 0.826. The lowest BCUT2D eigenvalue weighted by Crippen LogP contribution is -2.50. The Labute approximate surface area is 124 Å². The molecule has 7 nitrogen and oxygen atoms in total. The number of hydrogen-bond donors (Lipinski definition) is 1. The van der Waals surface area contributed by atoms with Gasteiger partial charge in [-0.2, -0.15) is 5.10 Å². The van der Waals surface area contributed by atoms with E-state index in [9.17, 15) is 9.59 Å². The van der Waals surface area contributed by atoms with E-state index in [2.05, 4.69) is 10.4 Å². The minimum atomic E-state index is -0.505. The second-order valence-corrected chi connectivity index (χ2v) is 5.26. The highest BCUT2D eigenvalue weighted by Crippen LogP contribution is 2.01. The van der Waals surface area contributed by atoms with E-state index in [4.69, 9.17) is 4.74 Å². The molecule has 1 N–H and O–H groups in total. The van der Waals surface area contributed by atoms with Gasteiger partial charge in [-0.15, -0.1) is 0 Å². The summed E-state index contributed by atoms with van der Waals surface area (Å²) in [5, 5.41) is 6.86. The Balaban J connectivity index is 1.74. The van der Waals surface area contributed by atoms with Gasteiger partial charge in [0.15, 0.2) is 0 Å². The van der Waals surface area contributed by atoms with Gasteiger partial charge in [0, 0.05) is 32.3 Å². The number of carbonyl (C=O) groups is 2. The van der Waals surface area contributed by atoms with Gasteiger partial charge in [-0.3, -0.25) is 14.3 Å². The van der Waals surface area contributed by atoms with Crippen LogP contribution in [0.2, 0.25) is 0 Å². The predicted octanol–water partition coefficient (Wildman–Crippen LogP) is -0.0549. The maximum Gasteiger partial charge on any atom is 0.245 e. The molecule has 0 spiro atoms. The molecule has 2 amide bonds. The number of aromatic nitrogens is 2. The Kier molecular flexibility index (Phi) is 5.32. The molecule has 0 bridgehead atoms. The molecule has 1 aliphatic rings. The summed E-state index contributed by atoms with van der Waals surface area (Å²) in [4.78, 5) is 25.7. The lowest BCUT2D eigenvalue weighted by atomic mass is 10.2. The molecule has 2 heterocycles. The molecule has 116 valence electrons. The average molecular weight is 294 g/mol. The minimum absolute atomic E-state index is 0.0541. The van der Waals surface area contributed by atoms with Gasteiger partial charge in [0.25, 0.3) is 0 Å². The SMILES string of the molecule is Cc1cnn(CCC(=O)NC(C)C(=O)N2CCOCC2)c1. The van der Waals surface area contributed by atoms with Crippen LogP contribution in [0.3, 0.4) is 0 Å². The predicted molar refractivity (Wildman–Crippen MR) is 76.6 cm³/mol. The Morgan fingerprint density at radius 2 is 2.14 bits per heavy atom. The van der Waals surface area contributed by atoms with Gasteiger partial charge in [-0.25, -0.2) is 0 Å². The van der Waals surface area contributed by atoms with Crippen molar-refractivity contribution in [3.63, 3.8) is 0 Å². The molecular formula is C14H22N4O3. The van der Waals surface area contributed by atoms with Crippen LogP contribution in [-0.4, -0.2) is 58.8 Å². The van der Waals surface area contributed by atoms with Crippen molar-refractivity contribution in [2.24, 2.45) is 0 Å². The number of hydrogen-bond acceptors (Lipinski definition) is 4. The zero-order valence-electron chi connectivity index (χ0n) is 12.5. The molecule has 1 fully saturated rings. The van der Waals surface area contributed by atoms with Crippen molar-refractivity contribution < 1.29 is 14.3 Å². The second kappa shape index (κ2) is 7.21. The van der Waals surface area contributed by atoms with Crippen LogP contribution in [0, 0.1) is 6.92 Å². The molecule has 0 aromatic carbocycles. The van der Waals surface area contributed by atoms with Crippen molar-refractivity contribution in [2.75, 3.05) is 26.3 Å². The van der Waals surface area contributed by atoms with Crippen molar-refractivity contribution in [3.05, 3.63) is 18.0 Å². The lowest BCUT2D eigenvalue weighted by Gasteiger charge is -2.29. The Morgan fingerprint density at radius 3 is 2.76 bits per heavy atom. The van der Waals surface area contributed by atoms with Crippen LogP contribution in [-0.2, 0) is 20.9 Å². The molecule has 2 rings (SSSR count). The van der Waals surface area contributed by atoms with Crippen molar-refractivity contribution in [2.45, 2.75) is 32.9 Å². The number of rotatable bonds is 5. The van der Waals surface area contributed by atoms with Gasteiger partial charge in [0.05, 0.1) is 19.4 Å². The Morgan fingerprint density at radius 1 is 1.43 bits per heavy atom.